The number of rotatable bonds is 3. The van der Waals surface area contributed by atoms with Crippen LogP contribution in [0, 0.1) is 17.2 Å². The maximum atomic E-state index is 13.1. The molecular formula is C21H18ClN3OS. The Hall–Kier alpha value is -2.55. The highest BCUT2D eigenvalue weighted by atomic mass is 35.5. The molecule has 2 atom stereocenters. The molecule has 0 aliphatic carbocycles. The van der Waals surface area contributed by atoms with Crippen molar-refractivity contribution in [2.45, 2.75) is 12.8 Å². The predicted molar refractivity (Wildman–Crippen MR) is 112 cm³/mol. The van der Waals surface area contributed by atoms with Gasteiger partial charge in [-0.25, -0.2) is 4.99 Å². The Kier molecular flexibility index (Phi) is 6.00. The fourth-order valence-electron chi connectivity index (χ4n) is 3.19. The topological polar surface area (TPSA) is 65.2 Å². The number of halogens is 1. The van der Waals surface area contributed by atoms with Gasteiger partial charge in [-0.1, -0.05) is 41.9 Å². The molecule has 2 aromatic rings. The number of allylic oxidation sites excluding steroid dienone is 1. The molecule has 0 saturated carbocycles. The number of amides is 1. The van der Waals surface area contributed by atoms with Gasteiger partial charge in [0, 0.05) is 27.9 Å². The smallest absolute Gasteiger partial charge is 0.254 e. The van der Waals surface area contributed by atoms with E-state index < -0.39 is 5.92 Å². The van der Waals surface area contributed by atoms with E-state index in [2.05, 4.69) is 16.4 Å². The van der Waals surface area contributed by atoms with Crippen LogP contribution in [0.25, 0.3) is 0 Å². The number of anilines is 1. The molecule has 1 amide bonds. The first-order chi connectivity index (χ1) is 13.0. The van der Waals surface area contributed by atoms with E-state index in [1.807, 2.05) is 43.5 Å². The maximum absolute atomic E-state index is 13.1. The van der Waals surface area contributed by atoms with Gasteiger partial charge in [0.05, 0.1) is 11.1 Å². The molecule has 3 rings (SSSR count). The van der Waals surface area contributed by atoms with E-state index in [9.17, 15) is 10.1 Å². The molecule has 6 heteroatoms. The second-order valence-corrected chi connectivity index (χ2v) is 7.37. The zero-order valence-electron chi connectivity index (χ0n) is 14.9. The lowest BCUT2D eigenvalue weighted by Crippen LogP contribution is -2.31. The average Bonchev–Trinajstić information content (AvgIpc) is 2.69. The second-order valence-electron chi connectivity index (χ2n) is 6.11. The highest BCUT2D eigenvalue weighted by Gasteiger charge is 2.38. The third kappa shape index (κ3) is 4.08. The molecule has 0 radical (unpaired) electrons. The fourth-order valence-corrected chi connectivity index (χ4v) is 3.99. The molecule has 1 aliphatic rings. The molecule has 0 aromatic heterocycles. The molecule has 4 nitrogen and oxygen atoms in total. The standard InChI is InChI=1S/C21H18ClN3OS/c1-13-18(20(26)25-16-10-8-15(22)9-11-16)19(14-6-4-3-5-7-14)17(12-23)21(24-13)27-2/h3-11,17,19H,1-2H3,(H,25,26). The van der Waals surface area contributed by atoms with Gasteiger partial charge in [-0.2, -0.15) is 5.26 Å². The van der Waals surface area contributed by atoms with Crippen molar-refractivity contribution in [2.75, 3.05) is 11.6 Å². The van der Waals surface area contributed by atoms with Gasteiger partial charge in [-0.3, -0.25) is 4.79 Å². The number of thioether (sulfide) groups is 1. The van der Waals surface area contributed by atoms with E-state index in [1.165, 1.54) is 11.8 Å². The van der Waals surface area contributed by atoms with Crippen LogP contribution >= 0.6 is 23.4 Å². The first-order valence-corrected chi connectivity index (χ1v) is 10.00. The van der Waals surface area contributed by atoms with Crippen molar-refractivity contribution >= 4 is 40.0 Å². The van der Waals surface area contributed by atoms with Gasteiger partial charge in [-0.15, -0.1) is 11.8 Å². The largest absolute Gasteiger partial charge is 0.322 e. The normalized spacial score (nSPS) is 19.3. The van der Waals surface area contributed by atoms with Crippen LogP contribution < -0.4 is 5.32 Å². The van der Waals surface area contributed by atoms with Crippen LogP contribution in [0.5, 0.6) is 0 Å². The Morgan fingerprint density at radius 1 is 1.19 bits per heavy atom. The average molecular weight is 396 g/mol. The zero-order valence-corrected chi connectivity index (χ0v) is 16.5. The molecule has 0 spiro atoms. The highest BCUT2D eigenvalue weighted by molar-refractivity contribution is 8.13. The molecule has 1 aliphatic heterocycles. The minimum atomic E-state index is -0.503. The summed E-state index contributed by atoms with van der Waals surface area (Å²) in [6.45, 7) is 1.82. The third-order valence-electron chi connectivity index (χ3n) is 4.43. The van der Waals surface area contributed by atoms with E-state index in [0.717, 1.165) is 10.6 Å². The van der Waals surface area contributed by atoms with Crippen LogP contribution in [-0.2, 0) is 4.79 Å². The van der Waals surface area contributed by atoms with E-state index in [0.29, 0.717) is 22.0 Å². The van der Waals surface area contributed by atoms with E-state index in [-0.39, 0.29) is 11.8 Å². The number of hydrogen-bond acceptors (Lipinski definition) is 4. The summed E-state index contributed by atoms with van der Waals surface area (Å²) in [5, 5.41) is 14.1. The first-order valence-electron chi connectivity index (χ1n) is 8.40. The summed E-state index contributed by atoms with van der Waals surface area (Å²) in [5.41, 5.74) is 2.71. The van der Waals surface area contributed by atoms with Gasteiger partial charge in [0.25, 0.3) is 5.91 Å². The van der Waals surface area contributed by atoms with Crippen molar-refractivity contribution in [2.24, 2.45) is 10.9 Å². The van der Waals surface area contributed by atoms with Crippen LogP contribution in [0.15, 0.2) is 70.9 Å². The molecule has 0 saturated heterocycles. The van der Waals surface area contributed by atoms with Crippen molar-refractivity contribution in [1.29, 1.82) is 5.26 Å². The number of nitrogens with zero attached hydrogens (tertiary/aromatic N) is 2. The summed E-state index contributed by atoms with van der Waals surface area (Å²) < 4.78 is 0. The number of benzene rings is 2. The molecule has 1 heterocycles. The molecule has 2 unspecified atom stereocenters. The van der Waals surface area contributed by atoms with Crippen molar-refractivity contribution in [3.05, 3.63) is 76.5 Å². The molecule has 2 aromatic carbocycles. The van der Waals surface area contributed by atoms with Crippen LogP contribution in [0.1, 0.15) is 18.4 Å². The van der Waals surface area contributed by atoms with Crippen LogP contribution in [0.3, 0.4) is 0 Å². The van der Waals surface area contributed by atoms with Crippen LogP contribution in [0.4, 0.5) is 5.69 Å². The number of nitriles is 1. The number of carbonyl (C=O) groups excluding carboxylic acids is 1. The third-order valence-corrected chi connectivity index (χ3v) is 5.45. The van der Waals surface area contributed by atoms with Crippen LogP contribution in [0.2, 0.25) is 5.02 Å². The van der Waals surface area contributed by atoms with E-state index in [1.54, 1.807) is 24.3 Å². The lowest BCUT2D eigenvalue weighted by molar-refractivity contribution is -0.113. The van der Waals surface area contributed by atoms with Gasteiger partial charge in [0.1, 0.15) is 5.92 Å². The van der Waals surface area contributed by atoms with Crippen molar-refractivity contribution in [3.8, 4) is 6.07 Å². The Morgan fingerprint density at radius 3 is 2.44 bits per heavy atom. The zero-order chi connectivity index (χ0) is 19.4. The monoisotopic (exact) mass is 395 g/mol. The number of hydrogen-bond donors (Lipinski definition) is 1. The molecular weight excluding hydrogens is 378 g/mol. The minimum absolute atomic E-state index is 0.257. The molecule has 1 N–H and O–H groups in total. The molecule has 27 heavy (non-hydrogen) atoms. The number of nitrogens with one attached hydrogen (secondary N) is 1. The predicted octanol–water partition coefficient (Wildman–Crippen LogP) is 5.25. The van der Waals surface area contributed by atoms with Gasteiger partial charge >= 0.3 is 0 Å². The SMILES string of the molecule is CSC1=NC(C)=C(C(=O)Nc2ccc(Cl)cc2)C(c2ccccc2)C1C#N. The Balaban J connectivity index is 2.05. The summed E-state index contributed by atoms with van der Waals surface area (Å²) in [6, 6.07) is 18.9. The number of carbonyl (C=O) groups is 1. The Labute approximate surface area is 168 Å². The van der Waals surface area contributed by atoms with Gasteiger partial charge in [-0.05, 0) is 43.0 Å². The molecule has 0 fully saturated rings. The summed E-state index contributed by atoms with van der Waals surface area (Å²) in [4.78, 5) is 17.7. The van der Waals surface area contributed by atoms with Crippen molar-refractivity contribution < 1.29 is 4.79 Å². The van der Waals surface area contributed by atoms with Gasteiger partial charge in [0.2, 0.25) is 0 Å². The maximum Gasteiger partial charge on any atom is 0.254 e. The van der Waals surface area contributed by atoms with Crippen molar-refractivity contribution in [3.63, 3.8) is 0 Å². The quantitative estimate of drug-likeness (QED) is 0.771. The number of aliphatic imine (C=N–C) groups is 1. The minimum Gasteiger partial charge on any atom is -0.322 e. The molecule has 136 valence electrons. The Bertz CT molecular complexity index is 946. The van der Waals surface area contributed by atoms with E-state index in [4.69, 9.17) is 11.6 Å². The highest BCUT2D eigenvalue weighted by Crippen LogP contribution is 2.40. The Morgan fingerprint density at radius 2 is 1.85 bits per heavy atom. The van der Waals surface area contributed by atoms with Gasteiger partial charge in [0.15, 0.2) is 0 Å². The van der Waals surface area contributed by atoms with Crippen LogP contribution in [-0.4, -0.2) is 17.2 Å². The lowest BCUT2D eigenvalue weighted by atomic mass is 9.78. The second kappa shape index (κ2) is 8.43. The van der Waals surface area contributed by atoms with Gasteiger partial charge < -0.3 is 5.32 Å². The summed E-state index contributed by atoms with van der Waals surface area (Å²) in [5.74, 6) is -1.13. The first kappa shape index (κ1) is 19.2. The molecule has 0 bridgehead atoms. The summed E-state index contributed by atoms with van der Waals surface area (Å²) in [7, 11) is 0. The summed E-state index contributed by atoms with van der Waals surface area (Å²) >= 11 is 7.36. The van der Waals surface area contributed by atoms with Crippen molar-refractivity contribution in [1.82, 2.24) is 0 Å². The fraction of sp³-hybridized carbons (Fsp3) is 0.190. The van der Waals surface area contributed by atoms with E-state index >= 15 is 0 Å². The summed E-state index contributed by atoms with van der Waals surface area (Å²) in [6.07, 6.45) is 1.90. The lowest BCUT2D eigenvalue weighted by Gasteiger charge is -2.30.